The number of benzene rings is 2. The van der Waals surface area contributed by atoms with Crippen LogP contribution in [-0.2, 0) is 11.2 Å². The first-order chi connectivity index (χ1) is 13.0. The molecule has 1 N–H and O–H groups in total. The van der Waals surface area contributed by atoms with Crippen molar-refractivity contribution in [3.8, 4) is 0 Å². The number of hydrogen-bond donors (Lipinski definition) is 1. The Morgan fingerprint density at radius 2 is 1.74 bits per heavy atom. The number of anilines is 2. The third-order valence-corrected chi connectivity index (χ3v) is 5.75. The zero-order chi connectivity index (χ0) is 19.4. The zero-order valence-electron chi connectivity index (χ0n) is 15.8. The molecule has 1 aliphatic heterocycles. The number of rotatable bonds is 5. The Kier molecular flexibility index (Phi) is 6.64. The van der Waals surface area contributed by atoms with Crippen LogP contribution in [0.1, 0.15) is 18.1 Å². The molecule has 0 saturated carbocycles. The van der Waals surface area contributed by atoms with Gasteiger partial charge in [0.15, 0.2) is 0 Å². The van der Waals surface area contributed by atoms with Gasteiger partial charge in [0, 0.05) is 47.6 Å². The summed E-state index contributed by atoms with van der Waals surface area (Å²) in [5, 5.41) is 3.97. The Morgan fingerprint density at radius 3 is 2.33 bits per heavy atom. The summed E-state index contributed by atoms with van der Waals surface area (Å²) in [5.41, 5.74) is 3.84. The van der Waals surface area contributed by atoms with Crippen molar-refractivity contribution in [2.24, 2.45) is 0 Å². The van der Waals surface area contributed by atoms with Gasteiger partial charge in [0.2, 0.25) is 5.91 Å². The van der Waals surface area contributed by atoms with Crippen molar-refractivity contribution in [1.82, 2.24) is 4.90 Å². The molecular formula is C21H25Cl2N3O. The lowest BCUT2D eigenvalue weighted by molar-refractivity contribution is -0.115. The maximum atomic E-state index is 12.4. The molecule has 27 heavy (non-hydrogen) atoms. The second-order valence-corrected chi connectivity index (χ2v) is 7.66. The summed E-state index contributed by atoms with van der Waals surface area (Å²) in [5.74, 6) is -0.131. The number of amides is 1. The lowest BCUT2D eigenvalue weighted by Crippen LogP contribution is -2.46. The summed E-state index contributed by atoms with van der Waals surface area (Å²) in [4.78, 5) is 17.3. The Morgan fingerprint density at radius 1 is 1.07 bits per heavy atom. The first kappa shape index (κ1) is 20.0. The number of carbonyl (C=O) groups is 1. The minimum absolute atomic E-state index is 0.131. The molecule has 1 aliphatic rings. The van der Waals surface area contributed by atoms with Crippen LogP contribution in [0.2, 0.25) is 10.0 Å². The number of halogens is 2. The molecule has 1 heterocycles. The molecule has 0 bridgehead atoms. The highest BCUT2D eigenvalue weighted by Crippen LogP contribution is 2.27. The summed E-state index contributed by atoms with van der Waals surface area (Å²) < 4.78 is 0. The van der Waals surface area contributed by atoms with Crippen LogP contribution in [0.25, 0.3) is 0 Å². The molecular weight excluding hydrogens is 381 g/mol. The van der Waals surface area contributed by atoms with Gasteiger partial charge < -0.3 is 15.1 Å². The molecule has 1 fully saturated rings. The fraction of sp³-hybridized carbons (Fsp3) is 0.381. The quantitative estimate of drug-likeness (QED) is 0.787. The maximum absolute atomic E-state index is 12.4. The molecule has 6 heteroatoms. The van der Waals surface area contributed by atoms with E-state index in [1.165, 1.54) is 5.69 Å². The Labute approximate surface area is 171 Å². The number of hydrogen-bond acceptors (Lipinski definition) is 3. The number of carbonyl (C=O) groups excluding carboxylic acids is 1. The molecule has 0 aliphatic carbocycles. The van der Waals surface area contributed by atoms with Crippen molar-refractivity contribution in [1.29, 1.82) is 0 Å². The minimum Gasteiger partial charge on any atom is -0.369 e. The molecule has 4 nitrogen and oxygen atoms in total. The van der Waals surface area contributed by atoms with E-state index in [0.717, 1.165) is 44.0 Å². The number of piperazine rings is 1. The van der Waals surface area contributed by atoms with Crippen LogP contribution in [0.15, 0.2) is 36.4 Å². The molecule has 0 unspecified atom stereocenters. The summed E-state index contributed by atoms with van der Waals surface area (Å²) in [6.45, 7) is 9.64. The summed E-state index contributed by atoms with van der Waals surface area (Å²) in [6, 6.07) is 11.3. The topological polar surface area (TPSA) is 35.6 Å². The van der Waals surface area contributed by atoms with Crippen LogP contribution >= 0.6 is 23.2 Å². The van der Waals surface area contributed by atoms with Crippen LogP contribution in [0.3, 0.4) is 0 Å². The first-order valence-corrected chi connectivity index (χ1v) is 10.0. The normalized spacial score (nSPS) is 15.0. The average Bonchev–Trinajstić information content (AvgIpc) is 2.65. The fourth-order valence-corrected chi connectivity index (χ4v) is 3.99. The van der Waals surface area contributed by atoms with E-state index in [9.17, 15) is 4.79 Å². The number of aryl methyl sites for hydroxylation is 1. The van der Waals surface area contributed by atoms with Crippen molar-refractivity contribution in [3.05, 3.63) is 57.6 Å². The van der Waals surface area contributed by atoms with E-state index in [0.29, 0.717) is 15.6 Å². The zero-order valence-corrected chi connectivity index (χ0v) is 17.3. The van der Waals surface area contributed by atoms with Gasteiger partial charge in [-0.25, -0.2) is 0 Å². The van der Waals surface area contributed by atoms with Crippen LogP contribution in [0.5, 0.6) is 0 Å². The summed E-state index contributed by atoms with van der Waals surface area (Å²) in [7, 11) is 0. The Bertz CT molecular complexity index is 797. The van der Waals surface area contributed by atoms with Gasteiger partial charge in [-0.15, -0.1) is 0 Å². The van der Waals surface area contributed by atoms with Gasteiger partial charge in [0.1, 0.15) is 0 Å². The van der Waals surface area contributed by atoms with E-state index >= 15 is 0 Å². The molecule has 1 amide bonds. The highest BCUT2D eigenvalue weighted by atomic mass is 35.5. The predicted octanol–water partition coefficient (Wildman–Crippen LogP) is 4.62. The third kappa shape index (κ3) is 4.95. The van der Waals surface area contributed by atoms with Crippen LogP contribution in [-0.4, -0.2) is 43.5 Å². The van der Waals surface area contributed by atoms with E-state index in [4.69, 9.17) is 23.2 Å². The van der Waals surface area contributed by atoms with Crippen molar-refractivity contribution >= 4 is 40.5 Å². The molecule has 144 valence electrons. The van der Waals surface area contributed by atoms with Gasteiger partial charge in [0.05, 0.1) is 6.42 Å². The fourth-order valence-electron chi connectivity index (χ4n) is 3.46. The van der Waals surface area contributed by atoms with Gasteiger partial charge >= 0.3 is 0 Å². The molecule has 0 spiro atoms. The SMILES string of the molecule is CCN1CCN(c2ccc(NC(=O)Cc3c(Cl)cccc3Cl)cc2C)CC1. The van der Waals surface area contributed by atoms with Gasteiger partial charge in [-0.2, -0.15) is 0 Å². The highest BCUT2D eigenvalue weighted by molar-refractivity contribution is 6.36. The Hall–Kier alpha value is -1.75. The number of likely N-dealkylation sites (N-methyl/N-ethyl adjacent to an activating group) is 1. The largest absolute Gasteiger partial charge is 0.369 e. The minimum atomic E-state index is -0.131. The van der Waals surface area contributed by atoms with E-state index in [2.05, 4.69) is 35.0 Å². The smallest absolute Gasteiger partial charge is 0.228 e. The van der Waals surface area contributed by atoms with Crippen LogP contribution < -0.4 is 10.2 Å². The molecule has 0 aromatic heterocycles. The van der Waals surface area contributed by atoms with Gasteiger partial charge in [-0.3, -0.25) is 4.79 Å². The van der Waals surface area contributed by atoms with Crippen molar-refractivity contribution < 1.29 is 4.79 Å². The lowest BCUT2D eigenvalue weighted by Gasteiger charge is -2.36. The predicted molar refractivity (Wildman–Crippen MR) is 114 cm³/mol. The highest BCUT2D eigenvalue weighted by Gasteiger charge is 2.18. The first-order valence-electron chi connectivity index (χ1n) is 9.28. The number of nitrogens with zero attached hydrogens (tertiary/aromatic N) is 2. The molecule has 3 rings (SSSR count). The van der Waals surface area contributed by atoms with E-state index in [-0.39, 0.29) is 12.3 Å². The van der Waals surface area contributed by atoms with Gasteiger partial charge in [-0.1, -0.05) is 36.2 Å². The van der Waals surface area contributed by atoms with E-state index < -0.39 is 0 Å². The third-order valence-electron chi connectivity index (χ3n) is 5.04. The molecule has 0 radical (unpaired) electrons. The van der Waals surface area contributed by atoms with Gasteiger partial charge in [-0.05, 0) is 54.9 Å². The molecule has 2 aromatic rings. The lowest BCUT2D eigenvalue weighted by atomic mass is 10.1. The maximum Gasteiger partial charge on any atom is 0.228 e. The second kappa shape index (κ2) is 8.96. The van der Waals surface area contributed by atoms with Crippen molar-refractivity contribution in [2.75, 3.05) is 42.9 Å². The van der Waals surface area contributed by atoms with Crippen molar-refractivity contribution in [2.45, 2.75) is 20.3 Å². The average molecular weight is 406 g/mol. The van der Waals surface area contributed by atoms with E-state index in [1.807, 2.05) is 12.1 Å². The van der Waals surface area contributed by atoms with Crippen LogP contribution in [0.4, 0.5) is 11.4 Å². The van der Waals surface area contributed by atoms with Crippen molar-refractivity contribution in [3.63, 3.8) is 0 Å². The standard InChI is InChI=1S/C21H25Cl2N3O/c1-3-25-9-11-26(12-10-25)20-8-7-16(13-15(20)2)24-21(27)14-17-18(22)5-4-6-19(17)23/h4-8,13H,3,9-12,14H2,1-2H3,(H,24,27). The summed E-state index contributed by atoms with van der Waals surface area (Å²) >= 11 is 12.3. The summed E-state index contributed by atoms with van der Waals surface area (Å²) in [6.07, 6.45) is 0.151. The van der Waals surface area contributed by atoms with E-state index in [1.54, 1.807) is 18.2 Å². The monoisotopic (exact) mass is 405 g/mol. The molecule has 2 aromatic carbocycles. The molecule has 0 atom stereocenters. The number of nitrogens with one attached hydrogen (secondary N) is 1. The Balaban J connectivity index is 1.64. The van der Waals surface area contributed by atoms with Gasteiger partial charge in [0.25, 0.3) is 0 Å². The van der Waals surface area contributed by atoms with Crippen LogP contribution in [0, 0.1) is 6.92 Å². The molecule has 1 saturated heterocycles. The second-order valence-electron chi connectivity index (χ2n) is 6.85.